The van der Waals surface area contributed by atoms with Gasteiger partial charge in [0.25, 0.3) is 0 Å². The molecule has 0 radical (unpaired) electrons. The highest BCUT2D eigenvalue weighted by Crippen LogP contribution is 2.29. The van der Waals surface area contributed by atoms with Crippen molar-refractivity contribution in [1.82, 2.24) is 0 Å². The monoisotopic (exact) mass is 384 g/mol. The van der Waals surface area contributed by atoms with Crippen molar-refractivity contribution in [3.63, 3.8) is 0 Å². The van der Waals surface area contributed by atoms with Gasteiger partial charge in [-0.05, 0) is 18.2 Å². The van der Waals surface area contributed by atoms with E-state index in [1.807, 2.05) is 0 Å². The number of hydrogen-bond donors (Lipinski definition) is 4. The highest BCUT2D eigenvalue weighted by atomic mass is 127. The van der Waals surface area contributed by atoms with E-state index in [2.05, 4.69) is 0 Å². The lowest BCUT2D eigenvalue weighted by atomic mass is 10.3. The smallest absolute Gasteiger partial charge is 0.466 e. The summed E-state index contributed by atoms with van der Waals surface area (Å²) in [4.78, 5) is 21.6. The summed E-state index contributed by atoms with van der Waals surface area (Å²) >= 11 is 1.92. The summed E-state index contributed by atoms with van der Waals surface area (Å²) in [5.74, 6) is -0.271. The van der Waals surface area contributed by atoms with E-state index in [1.165, 1.54) is 18.2 Å². The van der Waals surface area contributed by atoms with Crippen molar-refractivity contribution in [3.8, 4) is 5.75 Å². The molecule has 7 nitrogen and oxygen atoms in total. The van der Waals surface area contributed by atoms with Gasteiger partial charge in [0.15, 0.2) is 0 Å². The van der Waals surface area contributed by atoms with Crippen LogP contribution in [-0.4, -0.2) is 19.8 Å². The maximum Gasteiger partial charge on any atom is 0.466 e. The Morgan fingerprint density at radius 2 is 1.62 bits per heavy atom. The number of phenolic OH excluding ortho intramolecular Hbond substituents is 1. The second-order valence-electron chi connectivity index (χ2n) is 2.33. The zero-order valence-electron chi connectivity index (χ0n) is 7.45. The number of phenols is 1. The maximum atomic E-state index is 10.5. The van der Waals surface area contributed by atoms with Gasteiger partial charge in [-0.15, -0.1) is 0 Å². The van der Waals surface area contributed by atoms with E-state index in [0.29, 0.717) is 5.02 Å². The molecule has 0 spiro atoms. The van der Waals surface area contributed by atoms with Crippen LogP contribution in [0, 0.1) is 3.57 Å². The van der Waals surface area contributed by atoms with Crippen molar-refractivity contribution in [2.45, 2.75) is 0 Å². The van der Waals surface area contributed by atoms with E-state index in [9.17, 15) is 6.14 Å². The number of hydrogen-bond acceptors (Lipinski definition) is 4. The van der Waals surface area contributed by atoms with E-state index in [-0.39, 0.29) is 9.32 Å². The first-order chi connectivity index (χ1) is 7.11. The van der Waals surface area contributed by atoms with Crippen LogP contribution < -0.4 is 0 Å². The molecule has 10 heteroatoms. The van der Waals surface area contributed by atoms with Gasteiger partial charge in [-0.3, -0.25) is 0 Å². The topological polar surface area (TPSA) is 132 Å². The van der Waals surface area contributed by atoms with Crippen LogP contribution in [0.4, 0.5) is 0 Å². The molecule has 0 atom stereocenters. The van der Waals surface area contributed by atoms with Gasteiger partial charge in [-0.1, -0.05) is 11.6 Å². The van der Waals surface area contributed by atoms with Crippen molar-refractivity contribution >= 4 is 39.2 Å². The van der Waals surface area contributed by atoms with Gasteiger partial charge in [-0.2, -0.15) is 0 Å². The molecule has 0 aliphatic carbocycles. The number of rotatable bonds is 1. The quantitative estimate of drug-likeness (QED) is 0.426. The van der Waals surface area contributed by atoms with Crippen LogP contribution in [0.5, 0.6) is 5.75 Å². The van der Waals surface area contributed by atoms with Gasteiger partial charge in [0.2, 0.25) is 0 Å². The summed E-state index contributed by atoms with van der Waals surface area (Å²) in [5, 5.41) is 9.34. The lowest BCUT2D eigenvalue weighted by Crippen LogP contribution is -1.73. The molecule has 16 heavy (non-hydrogen) atoms. The molecule has 0 saturated carbocycles. The molecule has 0 amide bonds. The van der Waals surface area contributed by atoms with Crippen LogP contribution in [0.2, 0.25) is 5.02 Å². The van der Waals surface area contributed by atoms with E-state index in [0.717, 1.165) is 0 Å². The van der Waals surface area contributed by atoms with Crippen LogP contribution in [-0.2, 0) is 10.7 Å². The SMILES string of the molecule is O=I(=O)c1ccc(Cl)cc1O.O=P(O)(O)O. The van der Waals surface area contributed by atoms with Gasteiger partial charge in [-0.25, -0.2) is 10.7 Å². The number of aromatic hydroxyl groups is 1. The van der Waals surface area contributed by atoms with Crippen molar-refractivity contribution in [2.75, 3.05) is 0 Å². The Morgan fingerprint density at radius 3 is 1.94 bits per heavy atom. The first kappa shape index (κ1) is 15.8. The fourth-order valence-corrected chi connectivity index (χ4v) is 1.86. The molecule has 1 rings (SSSR count). The summed E-state index contributed by atoms with van der Waals surface area (Å²) < 4.78 is 29.8. The fraction of sp³-hybridized carbons (Fsp3) is 0. The first-order valence-electron chi connectivity index (χ1n) is 3.43. The van der Waals surface area contributed by atoms with Gasteiger partial charge < -0.3 is 19.8 Å². The van der Waals surface area contributed by atoms with Crippen molar-refractivity contribution in [3.05, 3.63) is 26.8 Å². The molecular weight excluding hydrogens is 377 g/mol. The number of halogens is 2. The molecular formula is C6H7ClIO7P. The minimum Gasteiger partial charge on any atom is -0.507 e. The second kappa shape index (κ2) is 6.48. The van der Waals surface area contributed by atoms with Gasteiger partial charge >= 0.3 is 27.6 Å². The zero-order chi connectivity index (χ0) is 12.9. The van der Waals surface area contributed by atoms with Crippen LogP contribution in [0.15, 0.2) is 18.2 Å². The molecule has 1 aromatic carbocycles. The highest BCUT2D eigenvalue weighted by molar-refractivity contribution is 14.2. The fourth-order valence-electron chi connectivity index (χ4n) is 0.616. The Kier molecular flexibility index (Phi) is 6.38. The average molecular weight is 384 g/mol. The van der Waals surface area contributed by atoms with E-state index in [4.69, 9.17) is 36.0 Å². The molecule has 0 aliphatic heterocycles. The van der Waals surface area contributed by atoms with Crippen LogP contribution in [0.3, 0.4) is 0 Å². The Hall–Kier alpha value is -0.250. The molecule has 0 heterocycles. The third-order valence-corrected chi connectivity index (χ3v) is 3.17. The Morgan fingerprint density at radius 1 is 1.19 bits per heavy atom. The molecule has 0 unspecified atom stereocenters. The predicted octanol–water partition coefficient (Wildman–Crippen LogP) is 1.48. The highest BCUT2D eigenvalue weighted by Gasteiger charge is 2.05. The molecule has 0 bridgehead atoms. The minimum absolute atomic E-state index is 0.0152. The first-order valence-corrected chi connectivity index (χ1v) is 8.21. The summed E-state index contributed by atoms with van der Waals surface area (Å²) in [6, 6.07) is 3.93. The molecule has 92 valence electrons. The lowest BCUT2D eigenvalue weighted by Gasteiger charge is -1.93. The third kappa shape index (κ3) is 7.97. The molecule has 0 aliphatic rings. The van der Waals surface area contributed by atoms with E-state index in [1.54, 1.807) is 0 Å². The Bertz CT molecular complexity index is 464. The zero-order valence-corrected chi connectivity index (χ0v) is 11.3. The van der Waals surface area contributed by atoms with Crippen LogP contribution >= 0.6 is 39.2 Å². The summed E-state index contributed by atoms with van der Waals surface area (Å²) in [6.07, 6.45) is 0. The molecule has 0 saturated heterocycles. The Balaban J connectivity index is 0.000000385. The normalized spacial score (nSPS) is 10.8. The number of benzene rings is 1. The molecule has 0 aromatic heterocycles. The van der Waals surface area contributed by atoms with Crippen LogP contribution in [0.25, 0.3) is 0 Å². The average Bonchev–Trinajstić information content (AvgIpc) is 1.99. The van der Waals surface area contributed by atoms with Gasteiger partial charge in [0.05, 0.1) is 0 Å². The van der Waals surface area contributed by atoms with Gasteiger partial charge in [0.1, 0.15) is 9.32 Å². The molecule has 4 N–H and O–H groups in total. The second-order valence-corrected chi connectivity index (χ2v) is 6.19. The Labute approximate surface area is 102 Å². The largest absolute Gasteiger partial charge is 0.507 e. The molecule has 1 aromatic rings. The van der Waals surface area contributed by atoms with Gasteiger partial charge in [0, 0.05) is 5.02 Å². The lowest BCUT2D eigenvalue weighted by molar-refractivity contribution is 0.275. The van der Waals surface area contributed by atoms with Crippen LogP contribution in [0.1, 0.15) is 0 Å². The van der Waals surface area contributed by atoms with E-state index >= 15 is 0 Å². The third-order valence-electron chi connectivity index (χ3n) is 1.07. The standard InChI is InChI=1S/C6H4ClIO3.H3O4P/c7-4-1-2-5(8(10)11)6(9)3-4;1-5(2,3)4/h1-3,9H;(H3,1,2,3,4). The minimum atomic E-state index is -4.64. The van der Waals surface area contributed by atoms with Crippen molar-refractivity contribution < 1.29 is 30.5 Å². The molecule has 0 fully saturated rings. The van der Waals surface area contributed by atoms with E-state index < -0.39 is 27.6 Å². The maximum absolute atomic E-state index is 10.5. The predicted molar refractivity (Wildman–Crippen MR) is 61.5 cm³/mol. The van der Waals surface area contributed by atoms with Crippen molar-refractivity contribution in [2.24, 2.45) is 0 Å². The summed E-state index contributed by atoms with van der Waals surface area (Å²) in [6.45, 7) is 0. The summed E-state index contributed by atoms with van der Waals surface area (Å²) in [5.41, 5.74) is 0. The summed E-state index contributed by atoms with van der Waals surface area (Å²) in [7, 11) is -4.64. The van der Waals surface area contributed by atoms with Crippen molar-refractivity contribution in [1.29, 1.82) is 0 Å². The number of phosphoric acid groups is 1.